The van der Waals surface area contributed by atoms with Crippen LogP contribution in [0.5, 0.6) is 0 Å². The Labute approximate surface area is 100 Å². The summed E-state index contributed by atoms with van der Waals surface area (Å²) in [4.78, 5) is 10.6. The second-order valence-electron chi connectivity index (χ2n) is 3.63. The molecule has 92 valence electrons. The summed E-state index contributed by atoms with van der Waals surface area (Å²) in [5.74, 6) is -4.36. The van der Waals surface area contributed by atoms with Crippen molar-refractivity contribution in [3.63, 3.8) is 0 Å². The summed E-state index contributed by atoms with van der Waals surface area (Å²) in [5, 5.41) is 8.66. The van der Waals surface area contributed by atoms with Crippen molar-refractivity contribution in [2.24, 2.45) is 0 Å². The van der Waals surface area contributed by atoms with Gasteiger partial charge in [0.25, 0.3) is 0 Å². The van der Waals surface area contributed by atoms with E-state index in [-0.39, 0.29) is 11.1 Å². The summed E-state index contributed by atoms with van der Waals surface area (Å²) in [6.45, 7) is 0. The Hall–Kier alpha value is -2.30. The number of halogens is 3. The van der Waals surface area contributed by atoms with Gasteiger partial charge in [0.2, 0.25) is 0 Å². The zero-order valence-corrected chi connectivity index (χ0v) is 8.95. The standard InChI is InChI=1S/C13H7F3O2/c14-10-4-2-8(6-12(10)16)7-1-3-9(13(17)18)11(15)5-7/h1-6H,(H,17,18). The molecule has 0 aliphatic heterocycles. The summed E-state index contributed by atoms with van der Waals surface area (Å²) >= 11 is 0. The lowest BCUT2D eigenvalue weighted by molar-refractivity contribution is 0.0692. The van der Waals surface area contributed by atoms with Crippen LogP contribution >= 0.6 is 0 Å². The lowest BCUT2D eigenvalue weighted by Crippen LogP contribution is -2.00. The van der Waals surface area contributed by atoms with Crippen molar-refractivity contribution in [3.8, 4) is 11.1 Å². The van der Waals surface area contributed by atoms with Gasteiger partial charge in [-0.05, 0) is 35.4 Å². The van der Waals surface area contributed by atoms with E-state index in [1.165, 1.54) is 12.1 Å². The Morgan fingerprint density at radius 2 is 1.39 bits per heavy atom. The van der Waals surface area contributed by atoms with Crippen molar-refractivity contribution in [1.82, 2.24) is 0 Å². The molecule has 2 rings (SSSR count). The molecule has 0 aromatic heterocycles. The van der Waals surface area contributed by atoms with E-state index >= 15 is 0 Å². The third-order valence-corrected chi connectivity index (χ3v) is 2.45. The third kappa shape index (κ3) is 2.20. The maximum Gasteiger partial charge on any atom is 0.338 e. The maximum absolute atomic E-state index is 13.4. The van der Waals surface area contributed by atoms with E-state index in [0.29, 0.717) is 0 Å². The van der Waals surface area contributed by atoms with Gasteiger partial charge in [0, 0.05) is 0 Å². The molecule has 0 aliphatic carbocycles. The molecule has 0 aliphatic rings. The summed E-state index contributed by atoms with van der Waals surface area (Å²) < 4.78 is 39.2. The average Bonchev–Trinajstić information content (AvgIpc) is 2.32. The second-order valence-corrected chi connectivity index (χ2v) is 3.63. The summed E-state index contributed by atoms with van der Waals surface area (Å²) in [7, 11) is 0. The normalized spacial score (nSPS) is 10.4. The van der Waals surface area contributed by atoms with E-state index in [4.69, 9.17) is 5.11 Å². The summed E-state index contributed by atoms with van der Waals surface area (Å²) in [5.41, 5.74) is 0.0717. The maximum atomic E-state index is 13.4. The Morgan fingerprint density at radius 3 is 1.89 bits per heavy atom. The van der Waals surface area contributed by atoms with Crippen LogP contribution in [0.1, 0.15) is 10.4 Å². The molecule has 2 aromatic carbocycles. The smallest absolute Gasteiger partial charge is 0.338 e. The van der Waals surface area contributed by atoms with Crippen molar-refractivity contribution in [3.05, 3.63) is 59.4 Å². The molecule has 2 nitrogen and oxygen atoms in total. The van der Waals surface area contributed by atoms with Gasteiger partial charge < -0.3 is 5.11 Å². The first-order valence-electron chi connectivity index (χ1n) is 4.97. The van der Waals surface area contributed by atoms with E-state index in [2.05, 4.69) is 0 Å². The number of carboxylic acid groups (broad SMARTS) is 1. The number of benzene rings is 2. The summed E-state index contributed by atoms with van der Waals surface area (Å²) in [6, 6.07) is 6.51. The molecule has 0 spiro atoms. The second kappa shape index (κ2) is 4.52. The van der Waals surface area contributed by atoms with Gasteiger partial charge >= 0.3 is 5.97 Å². The predicted octanol–water partition coefficient (Wildman–Crippen LogP) is 3.47. The van der Waals surface area contributed by atoms with E-state index < -0.39 is 29.0 Å². The van der Waals surface area contributed by atoms with Gasteiger partial charge in [-0.1, -0.05) is 12.1 Å². The van der Waals surface area contributed by atoms with E-state index in [1.807, 2.05) is 0 Å². The Kier molecular flexibility index (Phi) is 3.06. The molecule has 0 unspecified atom stereocenters. The highest BCUT2D eigenvalue weighted by Crippen LogP contribution is 2.23. The van der Waals surface area contributed by atoms with Crippen LogP contribution in [-0.4, -0.2) is 11.1 Å². The number of carboxylic acids is 1. The topological polar surface area (TPSA) is 37.3 Å². The van der Waals surface area contributed by atoms with Crippen LogP contribution in [-0.2, 0) is 0 Å². The highest BCUT2D eigenvalue weighted by atomic mass is 19.2. The number of hydrogen-bond donors (Lipinski definition) is 1. The van der Waals surface area contributed by atoms with Crippen molar-refractivity contribution in [2.45, 2.75) is 0 Å². The molecule has 5 heteroatoms. The third-order valence-electron chi connectivity index (χ3n) is 2.45. The van der Waals surface area contributed by atoms with Crippen LogP contribution in [0.4, 0.5) is 13.2 Å². The first-order valence-corrected chi connectivity index (χ1v) is 4.97. The number of aromatic carboxylic acids is 1. The highest BCUT2D eigenvalue weighted by Gasteiger charge is 2.12. The fraction of sp³-hybridized carbons (Fsp3) is 0. The van der Waals surface area contributed by atoms with Crippen molar-refractivity contribution in [1.29, 1.82) is 0 Å². The van der Waals surface area contributed by atoms with Crippen molar-refractivity contribution in [2.75, 3.05) is 0 Å². The first kappa shape index (κ1) is 12.2. The molecular weight excluding hydrogens is 245 g/mol. The molecule has 1 N–H and O–H groups in total. The van der Waals surface area contributed by atoms with E-state index in [1.54, 1.807) is 0 Å². The molecular formula is C13H7F3O2. The molecule has 0 radical (unpaired) electrons. The van der Waals surface area contributed by atoms with Crippen LogP contribution in [0.25, 0.3) is 11.1 Å². The Morgan fingerprint density at radius 1 is 0.833 bits per heavy atom. The molecule has 0 fully saturated rings. The van der Waals surface area contributed by atoms with E-state index in [0.717, 1.165) is 24.3 Å². The molecule has 0 amide bonds. The van der Waals surface area contributed by atoms with Gasteiger partial charge in [0.15, 0.2) is 11.6 Å². The van der Waals surface area contributed by atoms with Gasteiger partial charge in [-0.2, -0.15) is 0 Å². The number of carbonyl (C=O) groups is 1. The van der Waals surface area contributed by atoms with E-state index in [9.17, 15) is 18.0 Å². The van der Waals surface area contributed by atoms with Crippen LogP contribution in [0.2, 0.25) is 0 Å². The molecule has 0 heterocycles. The number of rotatable bonds is 2. The van der Waals surface area contributed by atoms with Gasteiger partial charge in [0.1, 0.15) is 5.82 Å². The largest absolute Gasteiger partial charge is 0.478 e. The molecule has 0 bridgehead atoms. The minimum absolute atomic E-state index is 0.268. The number of hydrogen-bond acceptors (Lipinski definition) is 1. The van der Waals surface area contributed by atoms with Crippen LogP contribution in [0.3, 0.4) is 0 Å². The quantitative estimate of drug-likeness (QED) is 0.888. The highest BCUT2D eigenvalue weighted by molar-refractivity contribution is 5.88. The lowest BCUT2D eigenvalue weighted by Gasteiger charge is -2.04. The molecule has 0 saturated heterocycles. The van der Waals surface area contributed by atoms with Crippen LogP contribution < -0.4 is 0 Å². The minimum Gasteiger partial charge on any atom is -0.478 e. The van der Waals surface area contributed by atoms with Gasteiger partial charge in [-0.25, -0.2) is 18.0 Å². The molecule has 0 atom stereocenters. The SMILES string of the molecule is O=C(O)c1ccc(-c2ccc(F)c(F)c2)cc1F. The lowest BCUT2D eigenvalue weighted by atomic mass is 10.0. The van der Waals surface area contributed by atoms with Crippen LogP contribution in [0.15, 0.2) is 36.4 Å². The average molecular weight is 252 g/mol. The first-order chi connectivity index (χ1) is 8.49. The Balaban J connectivity index is 2.48. The predicted molar refractivity (Wildman–Crippen MR) is 58.7 cm³/mol. The Bertz CT molecular complexity index is 624. The monoisotopic (exact) mass is 252 g/mol. The zero-order chi connectivity index (χ0) is 13.3. The van der Waals surface area contributed by atoms with Crippen molar-refractivity contribution < 1.29 is 23.1 Å². The van der Waals surface area contributed by atoms with Crippen molar-refractivity contribution >= 4 is 5.97 Å². The fourth-order valence-corrected chi connectivity index (χ4v) is 1.54. The molecule has 18 heavy (non-hydrogen) atoms. The van der Waals surface area contributed by atoms with Gasteiger partial charge in [-0.3, -0.25) is 0 Å². The summed E-state index contributed by atoms with van der Waals surface area (Å²) in [6.07, 6.45) is 0. The zero-order valence-electron chi connectivity index (χ0n) is 8.95. The van der Waals surface area contributed by atoms with Crippen LogP contribution in [0, 0.1) is 17.5 Å². The van der Waals surface area contributed by atoms with Gasteiger partial charge in [0.05, 0.1) is 5.56 Å². The molecule has 0 saturated carbocycles. The minimum atomic E-state index is -1.38. The fourth-order valence-electron chi connectivity index (χ4n) is 1.54. The van der Waals surface area contributed by atoms with Gasteiger partial charge in [-0.15, -0.1) is 0 Å². The molecule has 2 aromatic rings.